The van der Waals surface area contributed by atoms with Gasteiger partial charge in [-0.15, -0.1) is 0 Å². The second-order valence-electron chi connectivity index (χ2n) is 14.7. The van der Waals surface area contributed by atoms with E-state index in [2.05, 4.69) is 62.5 Å². The van der Waals surface area contributed by atoms with Crippen molar-refractivity contribution in [3.05, 3.63) is 97.2 Å². The molecule has 8 nitrogen and oxygen atoms in total. The molecule has 0 fully saturated rings. The van der Waals surface area contributed by atoms with Crippen molar-refractivity contribution in [1.82, 2.24) is 0 Å². The van der Waals surface area contributed by atoms with Gasteiger partial charge in [0, 0.05) is 19.3 Å². The van der Waals surface area contributed by atoms with Crippen LogP contribution in [0.4, 0.5) is 0 Å². The molecule has 0 saturated heterocycles. The molecular formula is C47H76NO7+. The SMILES string of the molecule is CC/C=C/C=C/C=C/C=C/CCCCCC(=O)OCC(COCCC(C(=O)O)[N+](C)(C)C)OC(=O)CCCCCCC/C=C/C=C/C=C/C=C/CCCCC. The first-order valence-corrected chi connectivity index (χ1v) is 20.9. The molecule has 0 radical (unpaired) electrons. The summed E-state index contributed by atoms with van der Waals surface area (Å²) in [5.41, 5.74) is 0. The molecule has 0 heterocycles. The highest BCUT2D eigenvalue weighted by Gasteiger charge is 2.31. The molecule has 1 N–H and O–H groups in total. The number of quaternary nitrogens is 1. The molecule has 0 spiro atoms. The number of carbonyl (C=O) groups excluding carboxylic acids is 2. The monoisotopic (exact) mass is 767 g/mol. The first-order valence-electron chi connectivity index (χ1n) is 20.9. The second-order valence-corrected chi connectivity index (χ2v) is 14.7. The van der Waals surface area contributed by atoms with Crippen LogP contribution in [0.25, 0.3) is 0 Å². The van der Waals surface area contributed by atoms with Crippen LogP contribution in [0.5, 0.6) is 0 Å². The van der Waals surface area contributed by atoms with Crippen molar-refractivity contribution < 1.29 is 38.2 Å². The maximum absolute atomic E-state index is 12.7. The number of carboxylic acid groups (broad SMARTS) is 1. The van der Waals surface area contributed by atoms with Crippen LogP contribution in [0.1, 0.15) is 129 Å². The Hall–Kier alpha value is -3.75. The maximum Gasteiger partial charge on any atom is 0.362 e. The van der Waals surface area contributed by atoms with Crippen LogP contribution >= 0.6 is 0 Å². The van der Waals surface area contributed by atoms with Gasteiger partial charge in [0.05, 0.1) is 34.4 Å². The van der Waals surface area contributed by atoms with Gasteiger partial charge in [0.1, 0.15) is 6.61 Å². The third-order valence-electron chi connectivity index (χ3n) is 8.66. The Morgan fingerprint density at radius 2 is 1.02 bits per heavy atom. The number of unbranched alkanes of at least 4 members (excludes halogenated alkanes) is 11. The summed E-state index contributed by atoms with van der Waals surface area (Å²) in [7, 11) is 5.49. The summed E-state index contributed by atoms with van der Waals surface area (Å²) in [6.07, 6.45) is 48.8. The van der Waals surface area contributed by atoms with E-state index in [1.807, 2.05) is 69.8 Å². The standard InChI is InChI=1S/C47H75NO7/c1-6-8-10-12-14-16-18-20-21-22-23-24-26-28-30-32-34-36-38-46(50)55-43(41-53-40-39-44(47(51)52)48(3,4)5)42-54-45(49)37-35-33-31-29-27-25-19-17-15-13-11-9-7-2/h9,11,13-25,27,43-44H,6-8,10,12,26,28-42H2,1-5H3/p+1/b11-9+,15-13+,16-14+,19-17+,20-18+,22-21+,24-23+,27-25+. The van der Waals surface area contributed by atoms with Gasteiger partial charge in [0.25, 0.3) is 0 Å². The zero-order valence-electron chi connectivity index (χ0n) is 35.1. The van der Waals surface area contributed by atoms with Gasteiger partial charge in [-0.25, -0.2) is 4.79 Å². The van der Waals surface area contributed by atoms with Gasteiger partial charge in [0.15, 0.2) is 12.1 Å². The number of aliphatic carboxylic acids is 1. The van der Waals surface area contributed by atoms with Gasteiger partial charge in [-0.1, -0.05) is 150 Å². The number of carboxylic acids is 1. The lowest BCUT2D eigenvalue weighted by Crippen LogP contribution is -2.50. The average Bonchev–Trinajstić information content (AvgIpc) is 3.14. The number of carbonyl (C=O) groups is 3. The average molecular weight is 767 g/mol. The first kappa shape index (κ1) is 51.2. The van der Waals surface area contributed by atoms with Crippen molar-refractivity contribution in [3.63, 3.8) is 0 Å². The highest BCUT2D eigenvalue weighted by atomic mass is 16.6. The lowest BCUT2D eigenvalue weighted by atomic mass is 10.1. The maximum atomic E-state index is 12.7. The fourth-order valence-corrected chi connectivity index (χ4v) is 5.41. The smallest absolute Gasteiger partial charge is 0.362 e. The largest absolute Gasteiger partial charge is 0.477 e. The Kier molecular flexibility index (Phi) is 34.7. The molecule has 0 aromatic heterocycles. The Balaban J connectivity index is 4.52. The Labute approximate surface area is 335 Å². The number of hydrogen-bond donors (Lipinski definition) is 1. The summed E-state index contributed by atoms with van der Waals surface area (Å²) in [6.45, 7) is 4.45. The highest BCUT2D eigenvalue weighted by molar-refractivity contribution is 5.72. The fourth-order valence-electron chi connectivity index (χ4n) is 5.41. The molecule has 0 rings (SSSR count). The molecule has 310 valence electrons. The van der Waals surface area contributed by atoms with Crippen LogP contribution < -0.4 is 0 Å². The van der Waals surface area contributed by atoms with Gasteiger partial charge in [-0.05, 0) is 57.8 Å². The normalized spacial score (nSPS) is 14.0. The van der Waals surface area contributed by atoms with E-state index in [-0.39, 0.29) is 42.7 Å². The number of likely N-dealkylation sites (N-methyl/N-ethyl adjacent to an activating group) is 1. The fraction of sp³-hybridized carbons (Fsp3) is 0.596. The molecule has 2 unspecified atom stereocenters. The summed E-state index contributed by atoms with van der Waals surface area (Å²) < 4.78 is 17.2. The van der Waals surface area contributed by atoms with Crippen LogP contribution in [0.3, 0.4) is 0 Å². The predicted molar refractivity (Wildman–Crippen MR) is 229 cm³/mol. The zero-order chi connectivity index (χ0) is 40.7. The summed E-state index contributed by atoms with van der Waals surface area (Å²) >= 11 is 0. The molecule has 0 saturated carbocycles. The quantitative estimate of drug-likeness (QED) is 0.0297. The molecule has 0 aromatic carbocycles. The molecule has 0 aliphatic heterocycles. The number of allylic oxidation sites excluding steroid dienone is 16. The molecule has 0 aliphatic rings. The molecule has 0 amide bonds. The number of nitrogens with zero attached hydrogens (tertiary/aromatic N) is 1. The van der Waals surface area contributed by atoms with E-state index in [4.69, 9.17) is 14.2 Å². The number of hydrogen-bond acceptors (Lipinski definition) is 6. The number of esters is 2. The van der Waals surface area contributed by atoms with Crippen molar-refractivity contribution >= 4 is 17.9 Å². The second kappa shape index (κ2) is 37.2. The van der Waals surface area contributed by atoms with Crippen molar-refractivity contribution in [2.75, 3.05) is 41.0 Å². The zero-order valence-corrected chi connectivity index (χ0v) is 35.1. The van der Waals surface area contributed by atoms with Gasteiger partial charge in [-0.3, -0.25) is 9.59 Å². The minimum Gasteiger partial charge on any atom is -0.477 e. The van der Waals surface area contributed by atoms with Gasteiger partial charge in [-0.2, -0.15) is 0 Å². The summed E-state index contributed by atoms with van der Waals surface area (Å²) in [4.78, 5) is 36.9. The Morgan fingerprint density at radius 1 is 0.564 bits per heavy atom. The predicted octanol–water partition coefficient (Wildman–Crippen LogP) is 11.1. The third kappa shape index (κ3) is 35.7. The van der Waals surface area contributed by atoms with E-state index in [0.717, 1.165) is 77.0 Å². The molecule has 0 bridgehead atoms. The minimum absolute atomic E-state index is 0.0314. The summed E-state index contributed by atoms with van der Waals surface area (Å²) in [6, 6.07) is -0.631. The summed E-state index contributed by atoms with van der Waals surface area (Å²) in [5.74, 6) is -1.57. The van der Waals surface area contributed by atoms with E-state index in [0.29, 0.717) is 12.8 Å². The van der Waals surface area contributed by atoms with Crippen molar-refractivity contribution in [2.24, 2.45) is 0 Å². The van der Waals surface area contributed by atoms with Gasteiger partial charge in [0.2, 0.25) is 0 Å². The number of rotatable bonds is 35. The van der Waals surface area contributed by atoms with Crippen LogP contribution in [0.2, 0.25) is 0 Å². The van der Waals surface area contributed by atoms with Gasteiger partial charge < -0.3 is 23.8 Å². The van der Waals surface area contributed by atoms with Crippen molar-refractivity contribution in [3.8, 4) is 0 Å². The Morgan fingerprint density at radius 3 is 1.53 bits per heavy atom. The van der Waals surface area contributed by atoms with E-state index >= 15 is 0 Å². The molecule has 55 heavy (non-hydrogen) atoms. The highest BCUT2D eigenvalue weighted by Crippen LogP contribution is 2.12. The van der Waals surface area contributed by atoms with Crippen LogP contribution in [0.15, 0.2) is 97.2 Å². The molecular weight excluding hydrogens is 691 g/mol. The van der Waals surface area contributed by atoms with Crippen LogP contribution in [-0.2, 0) is 28.6 Å². The minimum atomic E-state index is -0.891. The van der Waals surface area contributed by atoms with E-state index in [1.54, 1.807) is 0 Å². The molecule has 2 atom stereocenters. The van der Waals surface area contributed by atoms with E-state index < -0.39 is 18.1 Å². The lowest BCUT2D eigenvalue weighted by molar-refractivity contribution is -0.887. The molecule has 8 heteroatoms. The Bertz CT molecular complexity index is 1220. The third-order valence-corrected chi connectivity index (χ3v) is 8.66. The van der Waals surface area contributed by atoms with Crippen LogP contribution in [0, 0.1) is 0 Å². The van der Waals surface area contributed by atoms with Crippen LogP contribution in [-0.4, -0.2) is 80.6 Å². The molecule has 0 aliphatic carbocycles. The van der Waals surface area contributed by atoms with Crippen molar-refractivity contribution in [2.45, 2.75) is 142 Å². The van der Waals surface area contributed by atoms with Gasteiger partial charge >= 0.3 is 17.9 Å². The van der Waals surface area contributed by atoms with Crippen molar-refractivity contribution in [1.29, 1.82) is 0 Å². The van der Waals surface area contributed by atoms with E-state index in [9.17, 15) is 19.5 Å². The molecule has 0 aromatic rings. The van der Waals surface area contributed by atoms with E-state index in [1.165, 1.54) is 19.3 Å². The number of ether oxygens (including phenoxy) is 3. The topological polar surface area (TPSA) is 99.1 Å². The summed E-state index contributed by atoms with van der Waals surface area (Å²) in [5, 5.41) is 9.60. The first-order chi connectivity index (χ1) is 26.6. The lowest BCUT2D eigenvalue weighted by Gasteiger charge is -2.31.